The molecule has 3 N–H and O–H groups in total. The summed E-state index contributed by atoms with van der Waals surface area (Å²) in [6.45, 7) is 2.08. The Morgan fingerprint density at radius 3 is 2.16 bits per heavy atom. The van der Waals surface area contributed by atoms with Crippen LogP contribution in [0.1, 0.15) is 25.5 Å². The van der Waals surface area contributed by atoms with Crippen LogP contribution in [-0.4, -0.2) is 17.6 Å². The molecule has 1 amide bonds. The largest absolute Gasteiger partial charge is 0.415 e. The number of rotatable bonds is 3. The van der Waals surface area contributed by atoms with Crippen LogP contribution >= 0.6 is 0 Å². The molecule has 0 aliphatic heterocycles. The molecule has 0 heterocycles. The topological polar surface area (TPSA) is 55.1 Å². The number of nitrogens with one attached hydrogen (secondary N) is 1. The molecule has 7 heteroatoms. The molecule has 1 unspecified atom stereocenters. The van der Waals surface area contributed by atoms with Crippen molar-refractivity contribution in [2.45, 2.75) is 31.6 Å². The second-order valence-electron chi connectivity index (χ2n) is 4.45. The van der Waals surface area contributed by atoms with Crippen molar-refractivity contribution >= 4 is 5.91 Å². The summed E-state index contributed by atoms with van der Waals surface area (Å²) in [5, 5.41) is 2.16. The Hall–Kier alpha value is -1.63. The summed E-state index contributed by atoms with van der Waals surface area (Å²) in [5.74, 6) is -1.81. The minimum Gasteiger partial charge on any atom is -0.348 e. The van der Waals surface area contributed by atoms with E-state index in [2.05, 4.69) is 5.32 Å². The van der Waals surface area contributed by atoms with Crippen molar-refractivity contribution in [2.75, 3.05) is 0 Å². The van der Waals surface area contributed by atoms with Crippen molar-refractivity contribution in [3.63, 3.8) is 0 Å². The second-order valence-corrected chi connectivity index (χ2v) is 4.45. The summed E-state index contributed by atoms with van der Waals surface area (Å²) in [4.78, 5) is 11.5. The molecule has 0 saturated heterocycles. The zero-order valence-electron chi connectivity index (χ0n) is 10.4. The highest BCUT2D eigenvalue weighted by atomic mass is 19.4. The summed E-state index contributed by atoms with van der Waals surface area (Å²) < 4.78 is 50.4. The van der Waals surface area contributed by atoms with Gasteiger partial charge in [0.25, 0.3) is 0 Å². The van der Waals surface area contributed by atoms with Crippen molar-refractivity contribution in [1.29, 1.82) is 0 Å². The third-order valence-electron chi connectivity index (χ3n) is 2.78. The van der Waals surface area contributed by atoms with Crippen LogP contribution in [0.15, 0.2) is 24.3 Å². The quantitative estimate of drug-likeness (QED) is 0.833. The molecule has 19 heavy (non-hydrogen) atoms. The number of carbonyl (C=O) groups is 1. The first-order chi connectivity index (χ1) is 8.55. The maximum atomic E-state index is 12.7. The van der Waals surface area contributed by atoms with Gasteiger partial charge in [0.05, 0.1) is 6.04 Å². The van der Waals surface area contributed by atoms with Crippen molar-refractivity contribution in [2.24, 2.45) is 5.73 Å². The molecule has 1 rings (SSSR count). The van der Waals surface area contributed by atoms with Gasteiger partial charge < -0.3 is 11.1 Å². The van der Waals surface area contributed by atoms with Crippen LogP contribution < -0.4 is 11.1 Å². The lowest BCUT2D eigenvalue weighted by molar-refractivity contribution is -0.187. The monoisotopic (exact) mass is 278 g/mol. The summed E-state index contributed by atoms with van der Waals surface area (Å²) in [5.41, 5.74) is 2.50. The Balaban J connectivity index is 2.80. The maximum Gasteiger partial charge on any atom is 0.415 e. The van der Waals surface area contributed by atoms with Crippen LogP contribution in [0.2, 0.25) is 0 Å². The minimum atomic E-state index is -4.85. The average Bonchev–Trinajstić information content (AvgIpc) is 2.28. The lowest BCUT2D eigenvalue weighted by Gasteiger charge is -2.28. The number of carbonyl (C=O) groups excluding carboxylic acids is 1. The highest BCUT2D eigenvalue weighted by molar-refractivity contribution is 5.86. The van der Waals surface area contributed by atoms with Gasteiger partial charge in [0, 0.05) is 0 Å². The van der Waals surface area contributed by atoms with E-state index in [1.807, 2.05) is 0 Å². The number of amides is 1. The van der Waals surface area contributed by atoms with E-state index in [-0.39, 0.29) is 0 Å². The molecule has 0 radical (unpaired) electrons. The first-order valence-electron chi connectivity index (χ1n) is 5.47. The number of hydrogen-bond donors (Lipinski definition) is 2. The predicted molar refractivity (Wildman–Crippen MR) is 61.6 cm³/mol. The fourth-order valence-electron chi connectivity index (χ4n) is 1.31. The molecule has 0 fully saturated rings. The highest BCUT2D eigenvalue weighted by Gasteiger charge is 2.54. The molecule has 0 aliphatic rings. The van der Waals surface area contributed by atoms with E-state index in [1.54, 1.807) is 0 Å². The van der Waals surface area contributed by atoms with Crippen LogP contribution in [0.5, 0.6) is 0 Å². The third kappa shape index (κ3) is 3.44. The predicted octanol–water partition coefficient (Wildman–Crippen LogP) is 2.28. The lowest BCUT2D eigenvalue weighted by atomic mass is 10.0. The van der Waals surface area contributed by atoms with Gasteiger partial charge in [-0.1, -0.05) is 12.1 Å². The molecule has 0 aliphatic carbocycles. The molecule has 0 spiro atoms. The zero-order valence-corrected chi connectivity index (χ0v) is 10.4. The normalized spacial score (nSPS) is 16.6. The number of alkyl halides is 3. The van der Waals surface area contributed by atoms with Gasteiger partial charge in [0.15, 0.2) is 5.54 Å². The van der Waals surface area contributed by atoms with Gasteiger partial charge in [-0.2, -0.15) is 13.2 Å². The smallest absolute Gasteiger partial charge is 0.348 e. The molecule has 3 nitrogen and oxygen atoms in total. The van der Waals surface area contributed by atoms with E-state index < -0.39 is 29.5 Å². The number of hydrogen-bond acceptors (Lipinski definition) is 2. The summed E-state index contributed by atoms with van der Waals surface area (Å²) in [6.07, 6.45) is -4.85. The molecule has 0 bridgehead atoms. The fourth-order valence-corrected chi connectivity index (χ4v) is 1.31. The summed E-state index contributed by atoms with van der Waals surface area (Å²) in [7, 11) is 0. The molecule has 2 atom stereocenters. The molecule has 106 valence electrons. The highest BCUT2D eigenvalue weighted by Crippen LogP contribution is 2.28. The first kappa shape index (κ1) is 15.4. The van der Waals surface area contributed by atoms with Crippen molar-refractivity contribution in [3.8, 4) is 0 Å². The molecule has 0 saturated carbocycles. The molecule has 1 aromatic carbocycles. The van der Waals surface area contributed by atoms with E-state index in [1.165, 1.54) is 19.1 Å². The van der Waals surface area contributed by atoms with Gasteiger partial charge in [-0.15, -0.1) is 0 Å². The van der Waals surface area contributed by atoms with Gasteiger partial charge in [0.1, 0.15) is 5.82 Å². The Morgan fingerprint density at radius 1 is 1.26 bits per heavy atom. The van der Waals surface area contributed by atoms with E-state index in [9.17, 15) is 22.4 Å². The zero-order chi connectivity index (χ0) is 14.8. The fraction of sp³-hybridized carbons (Fsp3) is 0.417. The van der Waals surface area contributed by atoms with E-state index >= 15 is 0 Å². The second kappa shape index (κ2) is 5.16. The van der Waals surface area contributed by atoms with Crippen molar-refractivity contribution in [3.05, 3.63) is 35.6 Å². The molecular weight excluding hydrogens is 264 g/mol. The minimum absolute atomic E-state index is 0.471. The van der Waals surface area contributed by atoms with Crippen LogP contribution in [0.3, 0.4) is 0 Å². The van der Waals surface area contributed by atoms with Crippen LogP contribution in [-0.2, 0) is 4.79 Å². The van der Waals surface area contributed by atoms with Crippen LogP contribution in [0, 0.1) is 5.82 Å². The van der Waals surface area contributed by atoms with Gasteiger partial charge in [-0.25, -0.2) is 4.39 Å². The molecule has 0 aromatic heterocycles. The Bertz CT molecular complexity index is 454. The lowest BCUT2D eigenvalue weighted by Crippen LogP contribution is -2.61. The number of benzene rings is 1. The van der Waals surface area contributed by atoms with Gasteiger partial charge in [-0.3, -0.25) is 4.79 Å². The molecular formula is C12H14F4N2O. The summed E-state index contributed by atoms with van der Waals surface area (Å²) >= 11 is 0. The standard InChI is InChI=1S/C12H14F4N2O/c1-7(8-3-5-9(13)6-4-8)18-10(19)11(2,17)12(14,15)16/h3-7H,17H2,1-2H3,(H,18,19)/t7-,11?/m1/s1. The van der Waals surface area contributed by atoms with Crippen molar-refractivity contribution < 1.29 is 22.4 Å². The average molecular weight is 278 g/mol. The Kier molecular flexibility index (Phi) is 4.19. The van der Waals surface area contributed by atoms with E-state index in [4.69, 9.17) is 5.73 Å². The molecule has 1 aromatic rings. The first-order valence-corrected chi connectivity index (χ1v) is 5.47. The third-order valence-corrected chi connectivity index (χ3v) is 2.78. The van der Waals surface area contributed by atoms with Crippen LogP contribution in [0.25, 0.3) is 0 Å². The van der Waals surface area contributed by atoms with E-state index in [0.717, 1.165) is 12.1 Å². The van der Waals surface area contributed by atoms with Gasteiger partial charge in [-0.05, 0) is 31.5 Å². The Labute approximate surface area is 107 Å². The van der Waals surface area contributed by atoms with Crippen molar-refractivity contribution in [1.82, 2.24) is 5.32 Å². The van der Waals surface area contributed by atoms with Gasteiger partial charge in [0.2, 0.25) is 5.91 Å². The maximum absolute atomic E-state index is 12.7. The summed E-state index contributed by atoms with van der Waals surface area (Å²) in [6, 6.07) is 4.36. The Morgan fingerprint density at radius 2 is 1.74 bits per heavy atom. The number of nitrogens with two attached hydrogens (primary N) is 1. The van der Waals surface area contributed by atoms with Crippen LogP contribution in [0.4, 0.5) is 17.6 Å². The SMILES string of the molecule is C[C@@H](NC(=O)C(C)(N)C(F)(F)F)c1ccc(F)cc1. The number of halogens is 4. The van der Waals surface area contributed by atoms with Gasteiger partial charge >= 0.3 is 6.18 Å². The van der Waals surface area contributed by atoms with E-state index in [0.29, 0.717) is 12.5 Å².